The van der Waals surface area contributed by atoms with Crippen molar-refractivity contribution in [3.05, 3.63) is 42.0 Å². The molecule has 1 aromatic carbocycles. The van der Waals surface area contributed by atoms with Crippen molar-refractivity contribution in [2.75, 3.05) is 5.73 Å². The number of aryl methyl sites for hydroxylation is 1. The first kappa shape index (κ1) is 12.6. The molecule has 0 aliphatic rings. The molecule has 0 atom stereocenters. The normalized spacial score (nSPS) is 11.6. The van der Waals surface area contributed by atoms with Gasteiger partial charge < -0.3 is 10.7 Å². The van der Waals surface area contributed by atoms with Crippen molar-refractivity contribution in [3.63, 3.8) is 0 Å². The van der Waals surface area contributed by atoms with Crippen molar-refractivity contribution in [2.24, 2.45) is 0 Å². The second kappa shape index (κ2) is 4.79. The molecule has 7 heteroatoms. The van der Waals surface area contributed by atoms with E-state index in [-0.39, 0.29) is 11.4 Å². The molecule has 0 unspecified atom stereocenters. The first-order valence-electron chi connectivity index (χ1n) is 5.33. The molecule has 18 heavy (non-hydrogen) atoms. The van der Waals surface area contributed by atoms with Crippen molar-refractivity contribution < 1.29 is 8.42 Å². The highest BCUT2D eigenvalue weighted by molar-refractivity contribution is 7.89. The summed E-state index contributed by atoms with van der Waals surface area (Å²) in [6, 6.07) is 4.69. The van der Waals surface area contributed by atoms with Crippen LogP contribution in [0.25, 0.3) is 0 Å². The summed E-state index contributed by atoms with van der Waals surface area (Å²) < 4.78 is 26.6. The molecule has 1 heterocycles. The van der Waals surface area contributed by atoms with E-state index in [4.69, 9.17) is 5.73 Å². The highest BCUT2D eigenvalue weighted by atomic mass is 32.2. The van der Waals surface area contributed by atoms with E-state index in [9.17, 15) is 8.42 Å². The van der Waals surface area contributed by atoms with Gasteiger partial charge >= 0.3 is 0 Å². The van der Waals surface area contributed by atoms with Crippen molar-refractivity contribution in [1.82, 2.24) is 14.7 Å². The number of sulfonamides is 1. The van der Waals surface area contributed by atoms with Crippen molar-refractivity contribution in [2.45, 2.75) is 18.4 Å². The van der Waals surface area contributed by atoms with Gasteiger partial charge in [-0.05, 0) is 30.7 Å². The maximum atomic E-state index is 12.1. The molecular formula is C11H14N4O2S. The Kier molecular flexibility index (Phi) is 3.35. The van der Waals surface area contributed by atoms with Crippen LogP contribution in [-0.2, 0) is 16.6 Å². The number of anilines is 1. The van der Waals surface area contributed by atoms with E-state index >= 15 is 0 Å². The first-order valence-corrected chi connectivity index (χ1v) is 6.81. The molecule has 4 N–H and O–H groups in total. The van der Waals surface area contributed by atoms with Crippen LogP contribution in [0.3, 0.4) is 0 Å². The minimum absolute atomic E-state index is 0.124. The smallest absolute Gasteiger partial charge is 0.241 e. The Morgan fingerprint density at radius 2 is 2.22 bits per heavy atom. The first-order chi connectivity index (χ1) is 8.49. The van der Waals surface area contributed by atoms with E-state index in [2.05, 4.69) is 14.7 Å². The Morgan fingerprint density at radius 1 is 1.44 bits per heavy atom. The highest BCUT2D eigenvalue weighted by Gasteiger charge is 2.16. The van der Waals surface area contributed by atoms with Gasteiger partial charge in [0, 0.05) is 18.1 Å². The Balaban J connectivity index is 2.20. The van der Waals surface area contributed by atoms with Gasteiger partial charge in [-0.25, -0.2) is 18.1 Å². The van der Waals surface area contributed by atoms with Gasteiger partial charge in [-0.15, -0.1) is 0 Å². The summed E-state index contributed by atoms with van der Waals surface area (Å²) >= 11 is 0. The zero-order valence-corrected chi connectivity index (χ0v) is 10.7. The number of hydrogen-bond acceptors (Lipinski definition) is 4. The van der Waals surface area contributed by atoms with Gasteiger partial charge in [-0.3, -0.25) is 0 Å². The van der Waals surface area contributed by atoms with Crippen LogP contribution in [-0.4, -0.2) is 18.4 Å². The lowest BCUT2D eigenvalue weighted by Crippen LogP contribution is -2.24. The van der Waals surface area contributed by atoms with Gasteiger partial charge in [-0.2, -0.15) is 0 Å². The number of aromatic nitrogens is 2. The van der Waals surface area contributed by atoms with Crippen LogP contribution in [0.4, 0.5) is 5.69 Å². The van der Waals surface area contributed by atoms with E-state index in [1.165, 1.54) is 6.07 Å². The fraction of sp³-hybridized carbons (Fsp3) is 0.182. The summed E-state index contributed by atoms with van der Waals surface area (Å²) in [7, 11) is -3.55. The maximum absolute atomic E-state index is 12.1. The highest BCUT2D eigenvalue weighted by Crippen LogP contribution is 2.17. The SMILES string of the molecule is Cc1cc(N)ccc1S(=O)(=O)NCc1ncc[nH]1. The van der Waals surface area contributed by atoms with Crippen molar-refractivity contribution >= 4 is 15.7 Å². The molecule has 0 fully saturated rings. The molecule has 2 rings (SSSR count). The maximum Gasteiger partial charge on any atom is 0.241 e. The number of imidazole rings is 1. The molecule has 1 aromatic heterocycles. The fourth-order valence-electron chi connectivity index (χ4n) is 1.61. The van der Waals surface area contributed by atoms with Crippen LogP contribution in [0.15, 0.2) is 35.5 Å². The van der Waals surface area contributed by atoms with Crippen molar-refractivity contribution in [1.29, 1.82) is 0 Å². The topological polar surface area (TPSA) is 101 Å². The van der Waals surface area contributed by atoms with Crippen LogP contribution >= 0.6 is 0 Å². The number of nitrogen functional groups attached to an aromatic ring is 1. The monoisotopic (exact) mass is 266 g/mol. The molecule has 96 valence electrons. The van der Waals surface area contributed by atoms with Crippen LogP contribution in [0.5, 0.6) is 0 Å². The molecule has 0 amide bonds. The average Bonchev–Trinajstić information content (AvgIpc) is 2.78. The zero-order valence-electron chi connectivity index (χ0n) is 9.84. The third-order valence-electron chi connectivity index (χ3n) is 2.47. The van der Waals surface area contributed by atoms with Crippen LogP contribution in [0.1, 0.15) is 11.4 Å². The van der Waals surface area contributed by atoms with E-state index in [1.807, 2.05) is 0 Å². The zero-order chi connectivity index (χ0) is 13.2. The Morgan fingerprint density at radius 3 is 2.83 bits per heavy atom. The number of rotatable bonds is 4. The fourth-order valence-corrected chi connectivity index (χ4v) is 2.82. The summed E-state index contributed by atoms with van der Waals surface area (Å²) in [6.45, 7) is 1.83. The molecule has 6 nitrogen and oxygen atoms in total. The Labute approximate surface area is 105 Å². The minimum atomic E-state index is -3.55. The molecule has 0 spiro atoms. The quantitative estimate of drug-likeness (QED) is 0.712. The molecular weight excluding hydrogens is 252 g/mol. The number of benzene rings is 1. The van der Waals surface area contributed by atoms with Gasteiger partial charge in [0.15, 0.2) is 0 Å². The number of H-pyrrole nitrogens is 1. The predicted octanol–water partition coefficient (Wildman–Crippen LogP) is 0.779. The van der Waals surface area contributed by atoms with E-state index in [0.717, 1.165) is 0 Å². The lowest BCUT2D eigenvalue weighted by atomic mass is 10.2. The van der Waals surface area contributed by atoms with E-state index in [0.29, 0.717) is 17.1 Å². The molecule has 0 radical (unpaired) electrons. The lowest BCUT2D eigenvalue weighted by Gasteiger charge is -2.08. The minimum Gasteiger partial charge on any atom is -0.399 e. The molecule has 0 bridgehead atoms. The van der Waals surface area contributed by atoms with Gasteiger partial charge in [0.2, 0.25) is 10.0 Å². The number of nitrogens with zero attached hydrogens (tertiary/aromatic N) is 1. The van der Waals surface area contributed by atoms with Crippen LogP contribution in [0.2, 0.25) is 0 Å². The van der Waals surface area contributed by atoms with E-state index in [1.54, 1.807) is 31.5 Å². The Hall–Kier alpha value is -1.86. The predicted molar refractivity (Wildman–Crippen MR) is 68.2 cm³/mol. The third kappa shape index (κ3) is 2.69. The number of nitrogens with one attached hydrogen (secondary N) is 2. The third-order valence-corrected chi connectivity index (χ3v) is 4.03. The molecule has 0 aliphatic heterocycles. The second-order valence-corrected chi connectivity index (χ2v) is 5.62. The number of nitrogens with two attached hydrogens (primary N) is 1. The number of aromatic amines is 1. The standard InChI is InChI=1S/C11H14N4O2S/c1-8-6-9(12)2-3-10(8)18(16,17)15-7-11-13-4-5-14-11/h2-6,15H,7,12H2,1H3,(H,13,14). The van der Waals surface area contributed by atoms with Gasteiger partial charge in [0.25, 0.3) is 0 Å². The van der Waals surface area contributed by atoms with E-state index < -0.39 is 10.0 Å². The van der Waals surface area contributed by atoms with Crippen molar-refractivity contribution in [3.8, 4) is 0 Å². The summed E-state index contributed by atoms with van der Waals surface area (Å²) in [5.74, 6) is 0.562. The Bertz CT molecular complexity index is 635. The summed E-state index contributed by atoms with van der Waals surface area (Å²) in [5, 5.41) is 0. The second-order valence-electron chi connectivity index (χ2n) is 3.89. The molecule has 0 saturated carbocycles. The average molecular weight is 266 g/mol. The van der Waals surface area contributed by atoms with Gasteiger partial charge in [0.05, 0.1) is 11.4 Å². The summed E-state index contributed by atoms with van der Waals surface area (Å²) in [5.41, 5.74) is 6.74. The van der Waals surface area contributed by atoms with Gasteiger partial charge in [0.1, 0.15) is 5.82 Å². The summed E-state index contributed by atoms with van der Waals surface area (Å²) in [6.07, 6.45) is 3.20. The lowest BCUT2D eigenvalue weighted by molar-refractivity contribution is 0.579. The molecule has 0 aliphatic carbocycles. The number of hydrogen-bond donors (Lipinski definition) is 3. The van der Waals surface area contributed by atoms with Crippen LogP contribution in [0, 0.1) is 6.92 Å². The molecule has 0 saturated heterocycles. The molecule has 2 aromatic rings. The van der Waals surface area contributed by atoms with Gasteiger partial charge in [-0.1, -0.05) is 0 Å². The summed E-state index contributed by atoms with van der Waals surface area (Å²) in [4.78, 5) is 7.00. The van der Waals surface area contributed by atoms with Crippen LogP contribution < -0.4 is 10.5 Å². The largest absolute Gasteiger partial charge is 0.399 e.